The van der Waals surface area contributed by atoms with Crippen LogP contribution in [0.3, 0.4) is 0 Å². The molecular weight excluding hydrogens is 849 g/mol. The van der Waals surface area contributed by atoms with Crippen LogP contribution in [0.4, 0.5) is 0 Å². The summed E-state index contributed by atoms with van der Waals surface area (Å²) in [4.78, 5) is 0. The van der Waals surface area contributed by atoms with Crippen molar-refractivity contribution in [2.24, 2.45) is 50.2 Å². The maximum atomic E-state index is 12.1. The molecule has 65 heavy (non-hydrogen) atoms. The van der Waals surface area contributed by atoms with E-state index >= 15 is 0 Å². The number of hydrogen-bond acceptors (Lipinski definition) is 17. The molecule has 0 radical (unpaired) electrons. The van der Waals surface area contributed by atoms with Crippen LogP contribution in [0.5, 0.6) is 0 Å². The topological polar surface area (TPSA) is 278 Å². The molecule has 11 N–H and O–H groups in total. The van der Waals surface area contributed by atoms with Crippen LogP contribution in [0, 0.1) is 50.2 Å². The van der Waals surface area contributed by atoms with Gasteiger partial charge in [0.05, 0.1) is 38.1 Å². The van der Waals surface area contributed by atoms with Crippen LogP contribution < -0.4 is 0 Å². The lowest BCUT2D eigenvalue weighted by Crippen LogP contribution is -2.68. The van der Waals surface area contributed by atoms with E-state index in [1.807, 2.05) is 6.92 Å². The average molecular weight is 929 g/mol. The predicted octanol–water partition coefficient (Wildman–Crippen LogP) is 0.612. The molecule has 5 aliphatic carbocycles. The first-order valence-corrected chi connectivity index (χ1v) is 24.3. The molecule has 8 rings (SSSR count). The maximum absolute atomic E-state index is 12.1. The van der Waals surface area contributed by atoms with Crippen LogP contribution >= 0.6 is 0 Å². The van der Waals surface area contributed by atoms with E-state index in [0.717, 1.165) is 51.4 Å². The zero-order valence-corrected chi connectivity index (χ0v) is 39.5. The van der Waals surface area contributed by atoms with Crippen molar-refractivity contribution in [2.45, 2.75) is 218 Å². The molecule has 17 nitrogen and oxygen atoms in total. The highest BCUT2D eigenvalue weighted by molar-refractivity contribution is 5.34. The fourth-order valence-corrected chi connectivity index (χ4v) is 15.0. The number of rotatable bonds is 9. The summed E-state index contributed by atoms with van der Waals surface area (Å²) in [5.74, 6) is 0.554. The van der Waals surface area contributed by atoms with E-state index in [2.05, 4.69) is 47.6 Å². The van der Waals surface area contributed by atoms with Gasteiger partial charge in [-0.15, -0.1) is 0 Å². The molecule has 7 fully saturated rings. The van der Waals surface area contributed by atoms with Crippen molar-refractivity contribution in [2.75, 3.05) is 19.8 Å². The van der Waals surface area contributed by atoms with Crippen LogP contribution in [0.25, 0.3) is 0 Å². The van der Waals surface area contributed by atoms with Crippen molar-refractivity contribution in [1.82, 2.24) is 0 Å². The molecule has 4 saturated carbocycles. The highest BCUT2D eigenvalue weighted by atomic mass is 16.8. The van der Waals surface area contributed by atoms with Gasteiger partial charge in [0, 0.05) is 10.8 Å². The Hall–Kier alpha value is -0.940. The third-order valence-corrected chi connectivity index (χ3v) is 19.5. The summed E-state index contributed by atoms with van der Waals surface area (Å²) in [7, 11) is 0. The molecular formula is C48H80O17. The second-order valence-electron chi connectivity index (χ2n) is 23.6. The second kappa shape index (κ2) is 17.7. The van der Waals surface area contributed by atoms with E-state index in [-0.39, 0.29) is 45.5 Å². The van der Waals surface area contributed by atoms with E-state index in [1.165, 1.54) is 12.5 Å². The molecule has 0 aromatic carbocycles. The Morgan fingerprint density at radius 2 is 1.25 bits per heavy atom. The van der Waals surface area contributed by atoms with Gasteiger partial charge >= 0.3 is 0 Å². The Morgan fingerprint density at radius 3 is 1.92 bits per heavy atom. The molecule has 3 saturated heterocycles. The standard InChI is InChI=1S/C48H80O17/c1-22-31(52)33(54)37(58)41(61-22)65-39-26(20-60-40-36(57)34(55)32(53)25(19-49)62-40)63-42(38(59)35(39)56)64-30-12-13-45(5)27(46(30,6)21-50)11-14-47(7)28(45)10-9-23-24-17-43(2,3)15-16-44(24,4)29(51)18-48(23,47)8/h9,22,24-42,49-59H,10-21H2,1-8H3/t22-,24-,25+,26+,27+,28+,29+,30-,31-,32+,33+,34-,35+,36+,37+,38+,39+,40+,41-,42-,44-,45-,46-,47+,48+/m0/s1. The first-order valence-electron chi connectivity index (χ1n) is 24.3. The smallest absolute Gasteiger partial charge is 0.187 e. The number of aliphatic hydroxyl groups is 11. The lowest BCUT2D eigenvalue weighted by Gasteiger charge is -2.72. The van der Waals surface area contributed by atoms with Gasteiger partial charge in [0.1, 0.15) is 67.1 Å². The van der Waals surface area contributed by atoms with Crippen molar-refractivity contribution in [3.05, 3.63) is 11.6 Å². The Labute approximate surface area is 383 Å². The summed E-state index contributed by atoms with van der Waals surface area (Å²) in [5, 5.41) is 120. The molecule has 0 spiro atoms. The van der Waals surface area contributed by atoms with Crippen LogP contribution in [0.2, 0.25) is 0 Å². The van der Waals surface area contributed by atoms with Gasteiger partial charge in [-0.1, -0.05) is 60.1 Å². The summed E-state index contributed by atoms with van der Waals surface area (Å²) in [6.07, 6.45) is -14.3. The number of allylic oxidation sites excluding steroid dienone is 2. The van der Waals surface area contributed by atoms with Gasteiger partial charge in [-0.3, -0.25) is 0 Å². The maximum Gasteiger partial charge on any atom is 0.187 e. The number of aliphatic hydroxyl groups excluding tert-OH is 11. The Balaban J connectivity index is 1.04. The third kappa shape index (κ3) is 7.94. The minimum atomic E-state index is -1.79. The number of hydrogen-bond donors (Lipinski definition) is 11. The van der Waals surface area contributed by atoms with Gasteiger partial charge in [-0.05, 0) is 104 Å². The zero-order chi connectivity index (χ0) is 47.6. The normalized spacial score (nSPS) is 56.7. The molecule has 0 amide bonds. The molecule has 0 aromatic rings. The predicted molar refractivity (Wildman–Crippen MR) is 230 cm³/mol. The van der Waals surface area contributed by atoms with E-state index in [1.54, 1.807) is 0 Å². The first kappa shape index (κ1) is 50.4. The number of ether oxygens (including phenoxy) is 6. The van der Waals surface area contributed by atoms with Crippen molar-refractivity contribution in [3.63, 3.8) is 0 Å². The van der Waals surface area contributed by atoms with Crippen molar-refractivity contribution in [3.8, 4) is 0 Å². The van der Waals surface area contributed by atoms with Gasteiger partial charge in [0.15, 0.2) is 18.9 Å². The second-order valence-corrected chi connectivity index (χ2v) is 23.6. The molecule has 374 valence electrons. The summed E-state index contributed by atoms with van der Waals surface area (Å²) >= 11 is 0. The van der Waals surface area contributed by atoms with Crippen LogP contribution in [-0.2, 0) is 28.4 Å². The monoisotopic (exact) mass is 929 g/mol. The Morgan fingerprint density at radius 1 is 0.615 bits per heavy atom. The van der Waals surface area contributed by atoms with E-state index < -0.39 is 123 Å². The SMILES string of the molecule is C[C@@H]1O[C@@H](O[C@H]2[C@H](O)[C@@H](O)[C@H](O[C@H]3CC[C@@]4(C)[C@@H](CC[C@]5(C)[C@@H]4CC=C4[C@@H]6CC(C)(C)CC[C@]6(C)[C@H](O)C[C@]45C)[C@]3(C)CO)O[C@@H]2CO[C@@H]2O[C@H](CO)[C@@H](O)[C@H](O)[C@H]2O)[C@H](O)[C@H](O)[C@H]1O. The van der Waals surface area contributed by atoms with Gasteiger partial charge < -0.3 is 84.6 Å². The highest BCUT2D eigenvalue weighted by Crippen LogP contribution is 2.76. The van der Waals surface area contributed by atoms with Crippen molar-refractivity contribution in [1.29, 1.82) is 0 Å². The number of fused-ring (bicyclic) bond motifs is 7. The molecule has 0 bridgehead atoms. The largest absolute Gasteiger partial charge is 0.396 e. The highest BCUT2D eigenvalue weighted by Gasteiger charge is 2.70. The van der Waals surface area contributed by atoms with Crippen LogP contribution in [0.1, 0.15) is 113 Å². The average Bonchev–Trinajstić information content (AvgIpc) is 3.25. The Bertz CT molecular complexity index is 1730. The molecule has 8 aliphatic rings. The lowest BCUT2D eigenvalue weighted by molar-refractivity contribution is -0.374. The molecule has 0 aromatic heterocycles. The molecule has 3 aliphatic heterocycles. The first-order chi connectivity index (χ1) is 30.3. The molecule has 0 unspecified atom stereocenters. The van der Waals surface area contributed by atoms with E-state index in [9.17, 15) is 56.2 Å². The van der Waals surface area contributed by atoms with Gasteiger partial charge in [-0.2, -0.15) is 0 Å². The fraction of sp³-hybridized carbons (Fsp3) is 0.958. The summed E-state index contributed by atoms with van der Waals surface area (Å²) in [5.41, 5.74) is 0.198. The minimum absolute atomic E-state index is 0.0106. The van der Waals surface area contributed by atoms with Gasteiger partial charge in [0.2, 0.25) is 0 Å². The van der Waals surface area contributed by atoms with Crippen LogP contribution in [0.15, 0.2) is 11.6 Å². The van der Waals surface area contributed by atoms with Gasteiger partial charge in [-0.25, -0.2) is 0 Å². The third-order valence-electron chi connectivity index (χ3n) is 19.5. The van der Waals surface area contributed by atoms with E-state index in [4.69, 9.17) is 28.4 Å². The summed E-state index contributed by atoms with van der Waals surface area (Å²) < 4.78 is 36.1. The molecule has 3 heterocycles. The summed E-state index contributed by atoms with van der Waals surface area (Å²) in [6.45, 7) is 16.3. The summed E-state index contributed by atoms with van der Waals surface area (Å²) in [6, 6.07) is 0. The van der Waals surface area contributed by atoms with E-state index in [0.29, 0.717) is 12.3 Å². The van der Waals surface area contributed by atoms with Crippen molar-refractivity contribution < 1.29 is 84.6 Å². The molecule has 17 heteroatoms. The fourth-order valence-electron chi connectivity index (χ4n) is 15.0. The van der Waals surface area contributed by atoms with Gasteiger partial charge in [0.25, 0.3) is 0 Å². The van der Waals surface area contributed by atoms with Crippen LogP contribution in [-0.4, -0.2) is 180 Å². The lowest BCUT2D eigenvalue weighted by atomic mass is 9.33. The zero-order valence-electron chi connectivity index (χ0n) is 39.5. The van der Waals surface area contributed by atoms with Crippen molar-refractivity contribution >= 4 is 0 Å². The molecule has 25 atom stereocenters. The Kier molecular flexibility index (Phi) is 13.8. The minimum Gasteiger partial charge on any atom is -0.396 e. The quantitative estimate of drug-likeness (QED) is 0.112.